The number of hydrogen-bond donors (Lipinski definition) is 2. The van der Waals surface area contributed by atoms with Crippen LogP contribution in [0.15, 0.2) is 42.5 Å². The van der Waals surface area contributed by atoms with Gasteiger partial charge in [0.25, 0.3) is 0 Å². The molecule has 2 N–H and O–H groups in total. The van der Waals surface area contributed by atoms with Crippen molar-refractivity contribution < 1.29 is 19.7 Å². The minimum atomic E-state index is -0.914. The van der Waals surface area contributed by atoms with Gasteiger partial charge in [0.05, 0.1) is 0 Å². The highest BCUT2D eigenvalue weighted by atomic mass is 16.5. The first-order valence-corrected chi connectivity index (χ1v) is 5.81. The van der Waals surface area contributed by atoms with Crippen molar-refractivity contribution in [2.24, 2.45) is 0 Å². The second-order valence-electron chi connectivity index (χ2n) is 4.18. The Hall–Kier alpha value is -2.49. The van der Waals surface area contributed by atoms with Gasteiger partial charge in [0.15, 0.2) is 12.4 Å². The van der Waals surface area contributed by atoms with E-state index in [-0.39, 0.29) is 11.5 Å². The van der Waals surface area contributed by atoms with Crippen molar-refractivity contribution in [3.8, 4) is 17.2 Å². The van der Waals surface area contributed by atoms with E-state index < -0.39 is 6.10 Å². The standard InChI is InChI=1S/C15H14O4/c1-10-7-11(17)8-13(18)15(10)14(9-16)19-12-5-3-2-4-6-12/h2-9,14,17-18H,1H3. The molecule has 0 aliphatic rings. The van der Waals surface area contributed by atoms with E-state index in [1.165, 1.54) is 12.1 Å². The molecule has 19 heavy (non-hydrogen) atoms. The number of aromatic hydroxyl groups is 2. The van der Waals surface area contributed by atoms with Gasteiger partial charge in [0, 0.05) is 11.6 Å². The third-order valence-corrected chi connectivity index (χ3v) is 2.76. The molecule has 0 fully saturated rings. The minimum absolute atomic E-state index is 0.0527. The van der Waals surface area contributed by atoms with Crippen LogP contribution in [0, 0.1) is 6.92 Å². The van der Waals surface area contributed by atoms with Crippen LogP contribution in [-0.4, -0.2) is 16.5 Å². The molecule has 0 amide bonds. The maximum Gasteiger partial charge on any atom is 0.182 e. The van der Waals surface area contributed by atoms with Gasteiger partial charge in [-0.2, -0.15) is 0 Å². The largest absolute Gasteiger partial charge is 0.508 e. The number of ether oxygens (including phenoxy) is 1. The van der Waals surface area contributed by atoms with Crippen molar-refractivity contribution >= 4 is 6.29 Å². The fourth-order valence-corrected chi connectivity index (χ4v) is 1.93. The lowest BCUT2D eigenvalue weighted by atomic mass is 10.0. The van der Waals surface area contributed by atoms with Gasteiger partial charge in [0.1, 0.15) is 17.2 Å². The number of phenols is 2. The van der Waals surface area contributed by atoms with Crippen LogP contribution in [-0.2, 0) is 4.79 Å². The molecule has 2 aromatic carbocycles. The van der Waals surface area contributed by atoms with Crippen LogP contribution >= 0.6 is 0 Å². The highest BCUT2D eigenvalue weighted by Crippen LogP contribution is 2.33. The molecular weight excluding hydrogens is 244 g/mol. The van der Waals surface area contributed by atoms with Crippen molar-refractivity contribution in [3.63, 3.8) is 0 Å². The Morgan fingerprint density at radius 2 is 1.84 bits per heavy atom. The first-order chi connectivity index (χ1) is 9.11. The van der Waals surface area contributed by atoms with E-state index in [9.17, 15) is 15.0 Å². The molecule has 0 aliphatic heterocycles. The highest BCUT2D eigenvalue weighted by Gasteiger charge is 2.19. The molecular formula is C15H14O4. The van der Waals surface area contributed by atoms with Gasteiger partial charge in [-0.15, -0.1) is 0 Å². The molecule has 0 aliphatic carbocycles. The topological polar surface area (TPSA) is 66.8 Å². The van der Waals surface area contributed by atoms with Crippen LogP contribution in [0.2, 0.25) is 0 Å². The van der Waals surface area contributed by atoms with Crippen molar-refractivity contribution in [1.29, 1.82) is 0 Å². The van der Waals surface area contributed by atoms with Crippen molar-refractivity contribution in [1.82, 2.24) is 0 Å². The van der Waals surface area contributed by atoms with E-state index in [4.69, 9.17) is 4.74 Å². The number of hydrogen-bond acceptors (Lipinski definition) is 4. The van der Waals surface area contributed by atoms with Crippen LogP contribution in [0.3, 0.4) is 0 Å². The second kappa shape index (κ2) is 5.44. The van der Waals surface area contributed by atoms with Crippen molar-refractivity contribution in [3.05, 3.63) is 53.6 Å². The Morgan fingerprint density at radius 1 is 1.16 bits per heavy atom. The van der Waals surface area contributed by atoms with Crippen LogP contribution in [0.5, 0.6) is 17.2 Å². The van der Waals surface area contributed by atoms with Crippen molar-refractivity contribution in [2.45, 2.75) is 13.0 Å². The molecule has 4 heteroatoms. The van der Waals surface area contributed by atoms with Crippen LogP contribution in [0.4, 0.5) is 0 Å². The summed E-state index contributed by atoms with van der Waals surface area (Å²) in [5.74, 6) is 0.320. The summed E-state index contributed by atoms with van der Waals surface area (Å²) in [6, 6.07) is 11.5. The monoisotopic (exact) mass is 258 g/mol. The normalized spacial score (nSPS) is 11.8. The molecule has 1 unspecified atom stereocenters. The fraction of sp³-hybridized carbons (Fsp3) is 0.133. The van der Waals surface area contributed by atoms with E-state index in [1.54, 1.807) is 31.2 Å². The maximum atomic E-state index is 11.2. The van der Waals surface area contributed by atoms with Crippen LogP contribution in [0.25, 0.3) is 0 Å². The number of carbonyl (C=O) groups is 1. The van der Waals surface area contributed by atoms with E-state index >= 15 is 0 Å². The lowest BCUT2D eigenvalue weighted by Crippen LogP contribution is -2.10. The number of benzene rings is 2. The van der Waals surface area contributed by atoms with E-state index in [1.807, 2.05) is 6.07 Å². The Labute approximate surface area is 110 Å². The molecule has 98 valence electrons. The predicted molar refractivity (Wildman–Crippen MR) is 70.4 cm³/mol. The van der Waals surface area contributed by atoms with Gasteiger partial charge < -0.3 is 14.9 Å². The molecule has 4 nitrogen and oxygen atoms in total. The van der Waals surface area contributed by atoms with Crippen LogP contribution < -0.4 is 4.74 Å². The summed E-state index contributed by atoms with van der Waals surface area (Å²) in [7, 11) is 0. The first kappa shape index (κ1) is 13.0. The van der Waals surface area contributed by atoms with E-state index in [0.717, 1.165) is 0 Å². The Bertz CT molecular complexity index is 555. The fourth-order valence-electron chi connectivity index (χ4n) is 1.93. The number of aldehydes is 1. The van der Waals surface area contributed by atoms with Gasteiger partial charge in [-0.25, -0.2) is 0 Å². The molecule has 0 spiro atoms. The average molecular weight is 258 g/mol. The number of carbonyl (C=O) groups excluding carboxylic acids is 1. The Morgan fingerprint density at radius 3 is 2.42 bits per heavy atom. The van der Waals surface area contributed by atoms with Gasteiger partial charge >= 0.3 is 0 Å². The summed E-state index contributed by atoms with van der Waals surface area (Å²) < 4.78 is 5.54. The Balaban J connectivity index is 2.35. The lowest BCUT2D eigenvalue weighted by Gasteiger charge is -2.17. The van der Waals surface area contributed by atoms with Crippen molar-refractivity contribution in [2.75, 3.05) is 0 Å². The summed E-state index contributed by atoms with van der Waals surface area (Å²) in [5, 5.41) is 19.2. The quantitative estimate of drug-likeness (QED) is 0.827. The lowest BCUT2D eigenvalue weighted by molar-refractivity contribution is -0.114. The molecule has 0 heterocycles. The number of rotatable bonds is 4. The SMILES string of the molecule is Cc1cc(O)cc(O)c1C(C=O)Oc1ccccc1. The minimum Gasteiger partial charge on any atom is -0.508 e. The van der Waals surface area contributed by atoms with Gasteiger partial charge in [-0.05, 0) is 30.7 Å². The first-order valence-electron chi connectivity index (χ1n) is 5.81. The summed E-state index contributed by atoms with van der Waals surface area (Å²) in [6.45, 7) is 1.69. The van der Waals surface area contributed by atoms with Gasteiger partial charge in [0.2, 0.25) is 0 Å². The maximum absolute atomic E-state index is 11.2. The molecule has 2 aromatic rings. The average Bonchev–Trinajstić information content (AvgIpc) is 2.37. The van der Waals surface area contributed by atoms with Gasteiger partial charge in [-0.3, -0.25) is 4.79 Å². The number of phenolic OH excluding ortho intramolecular Hbond substituents is 2. The molecule has 2 rings (SSSR count). The summed E-state index contributed by atoms with van der Waals surface area (Å²) >= 11 is 0. The van der Waals surface area contributed by atoms with Crippen LogP contribution in [0.1, 0.15) is 17.2 Å². The number of para-hydroxylation sites is 1. The predicted octanol–water partition coefficient (Wildman–Crippen LogP) is 2.73. The summed E-state index contributed by atoms with van der Waals surface area (Å²) in [4.78, 5) is 11.2. The molecule has 0 bridgehead atoms. The molecule has 0 saturated heterocycles. The second-order valence-corrected chi connectivity index (χ2v) is 4.18. The highest BCUT2D eigenvalue weighted by molar-refractivity contribution is 5.65. The summed E-state index contributed by atoms with van der Waals surface area (Å²) in [6.07, 6.45) is -0.297. The third kappa shape index (κ3) is 2.85. The van der Waals surface area contributed by atoms with E-state index in [0.29, 0.717) is 23.2 Å². The Kier molecular flexibility index (Phi) is 3.71. The molecule has 0 saturated carbocycles. The van der Waals surface area contributed by atoms with E-state index in [2.05, 4.69) is 0 Å². The third-order valence-electron chi connectivity index (χ3n) is 2.76. The van der Waals surface area contributed by atoms with Gasteiger partial charge in [-0.1, -0.05) is 18.2 Å². The molecule has 0 radical (unpaired) electrons. The molecule has 1 atom stereocenters. The summed E-state index contributed by atoms with van der Waals surface area (Å²) in [5.41, 5.74) is 0.946. The zero-order valence-electron chi connectivity index (χ0n) is 10.4. The zero-order chi connectivity index (χ0) is 13.8. The molecule has 0 aromatic heterocycles. The number of aryl methyl sites for hydroxylation is 1. The smallest absolute Gasteiger partial charge is 0.182 e. The zero-order valence-corrected chi connectivity index (χ0v) is 10.4.